The number of benzene rings is 1. The first-order valence-electron chi connectivity index (χ1n) is 9.74. The molecule has 0 amide bonds. The summed E-state index contributed by atoms with van der Waals surface area (Å²) in [5, 5.41) is 0. The Morgan fingerprint density at radius 2 is 1.80 bits per heavy atom. The lowest BCUT2D eigenvalue weighted by molar-refractivity contribution is -0.148. The zero-order chi connectivity index (χ0) is 18.0. The van der Waals surface area contributed by atoms with E-state index in [1.807, 2.05) is 32.0 Å². The van der Waals surface area contributed by atoms with E-state index in [0.717, 1.165) is 6.42 Å². The van der Waals surface area contributed by atoms with E-state index in [1.165, 1.54) is 37.7 Å². The van der Waals surface area contributed by atoms with Crippen molar-refractivity contribution in [3.8, 4) is 0 Å². The second kappa shape index (κ2) is 10.7. The number of rotatable bonds is 11. The van der Waals surface area contributed by atoms with Crippen molar-refractivity contribution < 1.29 is 14.2 Å². The second-order valence-corrected chi connectivity index (χ2v) is 7.27. The van der Waals surface area contributed by atoms with Gasteiger partial charge in [-0.15, -0.1) is 0 Å². The summed E-state index contributed by atoms with van der Waals surface area (Å²) in [6, 6.07) is 10.2. The van der Waals surface area contributed by atoms with E-state index < -0.39 is 5.79 Å². The normalized spacial score (nSPS) is 22.7. The second-order valence-electron chi connectivity index (χ2n) is 7.27. The number of ether oxygens (including phenoxy) is 3. The van der Waals surface area contributed by atoms with Gasteiger partial charge in [-0.05, 0) is 32.3 Å². The molecule has 0 spiro atoms. The van der Waals surface area contributed by atoms with Crippen molar-refractivity contribution in [3.05, 3.63) is 48.0 Å². The van der Waals surface area contributed by atoms with E-state index in [4.69, 9.17) is 14.2 Å². The predicted octanol–water partition coefficient (Wildman–Crippen LogP) is 5.64. The highest BCUT2D eigenvalue weighted by Crippen LogP contribution is 2.29. The van der Waals surface area contributed by atoms with Crippen LogP contribution in [0.15, 0.2) is 42.5 Å². The van der Waals surface area contributed by atoms with Gasteiger partial charge in [-0.1, -0.05) is 75.1 Å². The van der Waals surface area contributed by atoms with Gasteiger partial charge in [0.15, 0.2) is 5.79 Å². The first-order valence-corrected chi connectivity index (χ1v) is 9.74. The van der Waals surface area contributed by atoms with E-state index in [0.29, 0.717) is 13.2 Å². The summed E-state index contributed by atoms with van der Waals surface area (Å²) >= 11 is 0. The summed E-state index contributed by atoms with van der Waals surface area (Å²) in [5.74, 6) is -0.545. The van der Waals surface area contributed by atoms with Gasteiger partial charge in [-0.2, -0.15) is 0 Å². The molecular weight excluding hydrogens is 312 g/mol. The van der Waals surface area contributed by atoms with Crippen molar-refractivity contribution in [2.75, 3.05) is 6.61 Å². The molecule has 3 heteroatoms. The molecule has 0 bridgehead atoms. The van der Waals surface area contributed by atoms with E-state index in [1.54, 1.807) is 0 Å². The van der Waals surface area contributed by atoms with Gasteiger partial charge in [0.2, 0.25) is 0 Å². The minimum absolute atomic E-state index is 0.0265. The van der Waals surface area contributed by atoms with Crippen molar-refractivity contribution in [1.29, 1.82) is 0 Å². The van der Waals surface area contributed by atoms with Crippen molar-refractivity contribution in [2.45, 2.75) is 83.9 Å². The first-order chi connectivity index (χ1) is 12.1. The molecule has 25 heavy (non-hydrogen) atoms. The Kier molecular flexibility index (Phi) is 8.66. The van der Waals surface area contributed by atoms with Crippen molar-refractivity contribution in [1.82, 2.24) is 0 Å². The summed E-state index contributed by atoms with van der Waals surface area (Å²) in [7, 11) is 0. The highest BCUT2D eigenvalue weighted by Gasteiger charge is 2.39. The molecule has 140 valence electrons. The summed E-state index contributed by atoms with van der Waals surface area (Å²) in [6.45, 7) is 7.34. The number of allylic oxidation sites excluding steroid dienone is 1. The molecule has 1 heterocycles. The molecule has 1 fully saturated rings. The van der Waals surface area contributed by atoms with E-state index in [-0.39, 0.29) is 12.2 Å². The number of unbranched alkanes of at least 4 members (excludes halogenated alkanes) is 5. The third kappa shape index (κ3) is 7.72. The molecule has 0 aliphatic carbocycles. The van der Waals surface area contributed by atoms with Gasteiger partial charge in [-0.25, -0.2) is 0 Å². The summed E-state index contributed by atoms with van der Waals surface area (Å²) in [6.07, 6.45) is 12.0. The monoisotopic (exact) mass is 346 g/mol. The maximum Gasteiger partial charge on any atom is 0.164 e. The minimum atomic E-state index is -0.545. The van der Waals surface area contributed by atoms with Gasteiger partial charge in [0.25, 0.3) is 0 Å². The topological polar surface area (TPSA) is 27.7 Å². The van der Waals surface area contributed by atoms with Gasteiger partial charge in [-0.3, -0.25) is 0 Å². The van der Waals surface area contributed by atoms with Gasteiger partial charge < -0.3 is 14.2 Å². The minimum Gasteiger partial charge on any atom is -0.374 e. The fourth-order valence-electron chi connectivity index (χ4n) is 3.12. The van der Waals surface area contributed by atoms with Crippen LogP contribution < -0.4 is 0 Å². The van der Waals surface area contributed by atoms with Crippen LogP contribution in [0.3, 0.4) is 0 Å². The maximum atomic E-state index is 6.02. The Bertz CT molecular complexity index is 495. The molecule has 1 aromatic carbocycles. The molecule has 1 saturated heterocycles. The quantitative estimate of drug-likeness (QED) is 0.383. The van der Waals surface area contributed by atoms with Crippen LogP contribution in [0.1, 0.15) is 64.9 Å². The van der Waals surface area contributed by atoms with Crippen LogP contribution >= 0.6 is 0 Å². The standard InChI is InChI=1S/C22H34O3/c1-4-5-6-7-8-9-13-16-20-21(25-22(2,3)24-20)18-23-17-19-14-11-10-12-15-19/h10-16,20-21H,4-9,17-18H2,1-3H3/b16-13-/t20-,21-/m0/s1. The third-order valence-electron chi connectivity index (χ3n) is 4.42. The van der Waals surface area contributed by atoms with Crippen LogP contribution in [-0.4, -0.2) is 24.6 Å². The summed E-state index contributed by atoms with van der Waals surface area (Å²) in [4.78, 5) is 0. The lowest BCUT2D eigenvalue weighted by Crippen LogP contribution is -2.26. The van der Waals surface area contributed by atoms with Crippen molar-refractivity contribution in [3.63, 3.8) is 0 Å². The van der Waals surface area contributed by atoms with E-state index in [9.17, 15) is 0 Å². The molecule has 0 aromatic heterocycles. The number of hydrogen-bond donors (Lipinski definition) is 0. The molecule has 3 nitrogen and oxygen atoms in total. The van der Waals surface area contributed by atoms with Crippen LogP contribution in [-0.2, 0) is 20.8 Å². The SMILES string of the molecule is CCCCCCC/C=C\[C@@H]1OC(C)(C)O[C@H]1COCc1ccccc1. The van der Waals surface area contributed by atoms with E-state index in [2.05, 4.69) is 31.2 Å². The predicted molar refractivity (Wildman–Crippen MR) is 102 cm³/mol. The molecule has 1 aliphatic rings. The molecule has 1 aliphatic heterocycles. The van der Waals surface area contributed by atoms with Crippen LogP contribution in [0.25, 0.3) is 0 Å². The number of hydrogen-bond acceptors (Lipinski definition) is 3. The average Bonchev–Trinajstić information content (AvgIpc) is 2.89. The fourth-order valence-corrected chi connectivity index (χ4v) is 3.12. The summed E-state index contributed by atoms with van der Waals surface area (Å²) in [5.41, 5.74) is 1.18. The average molecular weight is 347 g/mol. The van der Waals surface area contributed by atoms with Gasteiger partial charge in [0, 0.05) is 0 Å². The Morgan fingerprint density at radius 3 is 2.56 bits per heavy atom. The van der Waals surface area contributed by atoms with Crippen LogP contribution in [0.5, 0.6) is 0 Å². The van der Waals surface area contributed by atoms with Crippen LogP contribution in [0.2, 0.25) is 0 Å². The smallest absolute Gasteiger partial charge is 0.164 e. The Hall–Kier alpha value is -1.16. The first kappa shape index (κ1) is 20.2. The molecule has 0 N–H and O–H groups in total. The van der Waals surface area contributed by atoms with Gasteiger partial charge in [0.05, 0.1) is 13.2 Å². The van der Waals surface area contributed by atoms with Crippen molar-refractivity contribution in [2.24, 2.45) is 0 Å². The molecule has 0 unspecified atom stereocenters. The fraction of sp³-hybridized carbons (Fsp3) is 0.636. The molecule has 2 rings (SSSR count). The summed E-state index contributed by atoms with van der Waals surface area (Å²) < 4.78 is 17.9. The zero-order valence-electron chi connectivity index (χ0n) is 16.1. The van der Waals surface area contributed by atoms with E-state index >= 15 is 0 Å². The van der Waals surface area contributed by atoms with Crippen LogP contribution in [0, 0.1) is 0 Å². The largest absolute Gasteiger partial charge is 0.374 e. The Balaban J connectivity index is 1.73. The molecule has 0 saturated carbocycles. The van der Waals surface area contributed by atoms with Gasteiger partial charge >= 0.3 is 0 Å². The third-order valence-corrected chi connectivity index (χ3v) is 4.42. The molecular formula is C22H34O3. The lowest BCUT2D eigenvalue weighted by Gasteiger charge is -2.16. The lowest BCUT2D eigenvalue weighted by atomic mass is 10.1. The molecule has 0 radical (unpaired) electrons. The maximum absolute atomic E-state index is 6.02. The van der Waals surface area contributed by atoms with Gasteiger partial charge in [0.1, 0.15) is 12.2 Å². The van der Waals surface area contributed by atoms with Crippen molar-refractivity contribution >= 4 is 0 Å². The Morgan fingerprint density at radius 1 is 1.04 bits per heavy atom. The highest BCUT2D eigenvalue weighted by atomic mass is 16.8. The Labute approximate surface area is 153 Å². The molecule has 2 atom stereocenters. The zero-order valence-corrected chi connectivity index (χ0v) is 16.1. The van der Waals surface area contributed by atoms with Crippen LogP contribution in [0.4, 0.5) is 0 Å². The highest BCUT2D eigenvalue weighted by molar-refractivity contribution is 5.13. The molecule has 1 aromatic rings.